The number of carboxylic acid groups (broad SMARTS) is 1. The average molecular weight is 439 g/mol. The average Bonchev–Trinajstić information content (AvgIpc) is 2.75. The first-order valence-corrected chi connectivity index (χ1v) is 10.5. The minimum Gasteiger partial charge on any atom is -0.503 e. The first kappa shape index (κ1) is 21.2. The number of fused-ring (bicyclic) bond motifs is 2. The minimum atomic E-state index is -0.960. The molecule has 0 radical (unpaired) electrons. The number of rotatable bonds is 5. The second kappa shape index (κ2) is 8.57. The Labute approximate surface area is 185 Å². The number of pyridine rings is 1. The Morgan fingerprint density at radius 2 is 2.03 bits per heavy atom. The molecular formula is C24H23ClN2O4. The third kappa shape index (κ3) is 3.96. The van der Waals surface area contributed by atoms with Crippen molar-refractivity contribution in [3.05, 3.63) is 63.8 Å². The van der Waals surface area contributed by atoms with Gasteiger partial charge in [0.25, 0.3) is 0 Å². The van der Waals surface area contributed by atoms with E-state index >= 15 is 0 Å². The molecule has 0 amide bonds. The van der Waals surface area contributed by atoms with E-state index in [1.54, 1.807) is 18.2 Å². The number of para-hydroxylation sites is 1. The highest BCUT2D eigenvalue weighted by atomic mass is 35.5. The first-order valence-electron chi connectivity index (χ1n) is 10.2. The number of nitrogens with zero attached hydrogens (tertiary/aromatic N) is 2. The number of phenolic OH excluding ortho intramolecular Hbond substituents is 1. The summed E-state index contributed by atoms with van der Waals surface area (Å²) >= 11 is 6.21. The second-order valence-corrected chi connectivity index (χ2v) is 7.80. The number of halogens is 1. The smallest absolute Gasteiger partial charge is 0.336 e. The van der Waals surface area contributed by atoms with E-state index in [-0.39, 0.29) is 10.8 Å². The third-order valence-corrected chi connectivity index (χ3v) is 5.71. The summed E-state index contributed by atoms with van der Waals surface area (Å²) in [5.41, 5.74) is 3.97. The number of benzene rings is 2. The van der Waals surface area contributed by atoms with Crippen LogP contribution < -0.4 is 4.74 Å². The lowest BCUT2D eigenvalue weighted by molar-refractivity contribution is 0.0696. The molecule has 0 saturated heterocycles. The topological polar surface area (TPSA) is 82.9 Å². The maximum Gasteiger partial charge on any atom is 0.336 e. The molecule has 0 spiro atoms. The molecular weight excluding hydrogens is 416 g/mol. The summed E-state index contributed by atoms with van der Waals surface area (Å²) in [6.45, 7) is 6.17. The van der Waals surface area contributed by atoms with Crippen molar-refractivity contribution >= 4 is 40.1 Å². The molecule has 31 heavy (non-hydrogen) atoms. The van der Waals surface area contributed by atoms with Crippen LogP contribution in [0.3, 0.4) is 0 Å². The Morgan fingerprint density at radius 3 is 2.74 bits per heavy atom. The van der Waals surface area contributed by atoms with Gasteiger partial charge in [-0.15, -0.1) is 0 Å². The Hall–Kier alpha value is -3.09. The molecule has 2 heterocycles. The zero-order valence-electron chi connectivity index (χ0n) is 17.4. The molecule has 0 bridgehead atoms. The number of aromatic carboxylic acids is 1. The van der Waals surface area contributed by atoms with Crippen molar-refractivity contribution < 1.29 is 19.7 Å². The summed E-state index contributed by atoms with van der Waals surface area (Å²) in [6, 6.07) is 10.7. The van der Waals surface area contributed by atoms with E-state index in [1.165, 1.54) is 0 Å². The van der Waals surface area contributed by atoms with Gasteiger partial charge in [-0.25, -0.2) is 9.78 Å². The van der Waals surface area contributed by atoms with E-state index < -0.39 is 5.97 Å². The highest BCUT2D eigenvalue weighted by Crippen LogP contribution is 2.38. The molecule has 2 N–H and O–H groups in total. The van der Waals surface area contributed by atoms with Gasteiger partial charge in [-0.05, 0) is 48.9 Å². The highest BCUT2D eigenvalue weighted by Gasteiger charge is 2.28. The number of hydrogen-bond donors (Lipinski definition) is 2. The lowest BCUT2D eigenvalue weighted by Gasteiger charge is -2.30. The van der Waals surface area contributed by atoms with Gasteiger partial charge >= 0.3 is 5.97 Å². The van der Waals surface area contributed by atoms with Gasteiger partial charge in [-0.1, -0.05) is 36.7 Å². The first-order chi connectivity index (χ1) is 14.9. The molecule has 1 aromatic heterocycles. The second-order valence-electron chi connectivity index (χ2n) is 7.39. The van der Waals surface area contributed by atoms with E-state index in [1.807, 2.05) is 38.1 Å². The van der Waals surface area contributed by atoms with Crippen molar-refractivity contribution in [2.45, 2.75) is 20.4 Å². The van der Waals surface area contributed by atoms with Gasteiger partial charge in [0.15, 0.2) is 11.5 Å². The summed E-state index contributed by atoms with van der Waals surface area (Å²) in [7, 11) is 0. The summed E-state index contributed by atoms with van der Waals surface area (Å²) in [4.78, 5) is 19.2. The van der Waals surface area contributed by atoms with Crippen LogP contribution in [-0.4, -0.2) is 45.8 Å². The Bertz CT molecular complexity index is 1210. The molecule has 0 aliphatic carbocycles. The molecule has 160 valence electrons. The van der Waals surface area contributed by atoms with Gasteiger partial charge in [0.2, 0.25) is 0 Å². The van der Waals surface area contributed by atoms with Crippen LogP contribution >= 0.6 is 11.6 Å². The van der Waals surface area contributed by atoms with E-state index in [0.29, 0.717) is 53.2 Å². The van der Waals surface area contributed by atoms with Crippen molar-refractivity contribution in [1.29, 1.82) is 0 Å². The molecule has 4 rings (SSSR count). The van der Waals surface area contributed by atoms with E-state index in [4.69, 9.17) is 21.3 Å². The van der Waals surface area contributed by atoms with Gasteiger partial charge in [0.1, 0.15) is 0 Å². The molecule has 7 heteroatoms. The van der Waals surface area contributed by atoms with Gasteiger partial charge in [-0.3, -0.25) is 4.90 Å². The quantitative estimate of drug-likeness (QED) is 0.578. The zero-order chi connectivity index (χ0) is 22.1. The van der Waals surface area contributed by atoms with Crippen LogP contribution in [0.1, 0.15) is 41.0 Å². The van der Waals surface area contributed by atoms with Crippen LogP contribution in [0.2, 0.25) is 5.02 Å². The Kier molecular flexibility index (Phi) is 5.85. The standard InChI is InChI=1S/C24H23ClN2O4/c1-3-27-12-15(9-14-10-18(25)23(28)20(11-14)31-4-2)22-17(13-27)21(24(29)30)16-7-5-6-8-19(16)26-22/h5-11,28H,3-4,12-13H2,1-2H3,(H,29,30). The Balaban J connectivity index is 1.95. The summed E-state index contributed by atoms with van der Waals surface area (Å²) in [6.07, 6.45) is 1.93. The number of aromatic nitrogens is 1. The number of phenols is 1. The summed E-state index contributed by atoms with van der Waals surface area (Å²) in [5, 5.41) is 21.0. The van der Waals surface area contributed by atoms with Gasteiger partial charge in [0, 0.05) is 24.0 Å². The number of hydrogen-bond acceptors (Lipinski definition) is 5. The maximum absolute atomic E-state index is 12.2. The largest absolute Gasteiger partial charge is 0.503 e. The lowest BCUT2D eigenvalue weighted by Crippen LogP contribution is -2.31. The van der Waals surface area contributed by atoms with Crippen LogP contribution in [0.25, 0.3) is 22.6 Å². The molecule has 1 aliphatic rings. The zero-order valence-corrected chi connectivity index (χ0v) is 18.1. The molecule has 1 aliphatic heterocycles. The Morgan fingerprint density at radius 1 is 1.26 bits per heavy atom. The highest BCUT2D eigenvalue weighted by molar-refractivity contribution is 6.32. The lowest BCUT2D eigenvalue weighted by atomic mass is 9.92. The summed E-state index contributed by atoms with van der Waals surface area (Å²) < 4.78 is 5.50. The van der Waals surface area contributed by atoms with Crippen molar-refractivity contribution in [2.75, 3.05) is 19.7 Å². The van der Waals surface area contributed by atoms with Crippen LogP contribution in [0, 0.1) is 0 Å². The number of aromatic hydroxyl groups is 1. The van der Waals surface area contributed by atoms with Crippen molar-refractivity contribution in [2.24, 2.45) is 0 Å². The number of likely N-dealkylation sites (N-methyl/N-ethyl adjacent to an activating group) is 1. The van der Waals surface area contributed by atoms with Crippen LogP contribution in [0.4, 0.5) is 0 Å². The maximum atomic E-state index is 12.2. The number of carbonyl (C=O) groups is 1. The fraction of sp³-hybridized carbons (Fsp3) is 0.250. The van der Waals surface area contributed by atoms with Crippen molar-refractivity contribution in [1.82, 2.24) is 9.88 Å². The number of ether oxygens (including phenoxy) is 1. The van der Waals surface area contributed by atoms with E-state index in [9.17, 15) is 15.0 Å². The third-order valence-electron chi connectivity index (χ3n) is 5.43. The fourth-order valence-corrected chi connectivity index (χ4v) is 4.21. The van der Waals surface area contributed by atoms with Gasteiger partial charge < -0.3 is 14.9 Å². The normalized spacial score (nSPS) is 15.3. The molecule has 0 saturated carbocycles. The molecule has 2 aromatic carbocycles. The molecule has 3 aromatic rings. The van der Waals surface area contributed by atoms with Crippen LogP contribution in [-0.2, 0) is 6.54 Å². The van der Waals surface area contributed by atoms with Crippen LogP contribution in [0.15, 0.2) is 36.4 Å². The number of carboxylic acids is 1. The SMILES string of the molecule is CCOc1cc(C=C2CN(CC)Cc3c2nc2ccccc2c3C(=O)O)cc(Cl)c1O. The molecule has 0 unspecified atom stereocenters. The fourth-order valence-electron chi connectivity index (χ4n) is 3.99. The van der Waals surface area contributed by atoms with Crippen LogP contribution in [0.5, 0.6) is 11.5 Å². The van der Waals surface area contributed by atoms with E-state index in [2.05, 4.69) is 4.90 Å². The minimum absolute atomic E-state index is 0.0952. The summed E-state index contributed by atoms with van der Waals surface area (Å²) in [5.74, 6) is -0.747. The van der Waals surface area contributed by atoms with E-state index in [0.717, 1.165) is 17.7 Å². The van der Waals surface area contributed by atoms with Gasteiger partial charge in [-0.2, -0.15) is 0 Å². The molecule has 0 atom stereocenters. The van der Waals surface area contributed by atoms with Crippen molar-refractivity contribution in [3.8, 4) is 11.5 Å². The molecule has 0 fully saturated rings. The van der Waals surface area contributed by atoms with Crippen molar-refractivity contribution in [3.63, 3.8) is 0 Å². The predicted octanol–water partition coefficient (Wildman–Crippen LogP) is 5.07. The monoisotopic (exact) mass is 438 g/mol. The van der Waals surface area contributed by atoms with Gasteiger partial charge in [0.05, 0.1) is 28.4 Å². The predicted molar refractivity (Wildman–Crippen MR) is 122 cm³/mol. The molecule has 6 nitrogen and oxygen atoms in total.